The van der Waals surface area contributed by atoms with Gasteiger partial charge < -0.3 is 4.74 Å². The number of carbonyl (C=O) groups excluding carboxylic acids is 1. The molecule has 10 heavy (non-hydrogen) atoms. The van der Waals surface area contributed by atoms with Crippen LogP contribution in [0.15, 0.2) is 9.89 Å². The molecule has 0 fully saturated rings. The minimum Gasteiger partial charge on any atom is -0.468 e. The number of hydrogen-bond donors (Lipinski definition) is 0. The molecule has 1 heterocycles. The van der Waals surface area contributed by atoms with Crippen LogP contribution in [0.3, 0.4) is 0 Å². The predicted molar refractivity (Wildman–Crippen MR) is 45.0 cm³/mol. The third-order valence-electron chi connectivity index (χ3n) is 1.21. The van der Waals surface area contributed by atoms with Crippen LogP contribution in [-0.4, -0.2) is 18.3 Å². The van der Waals surface area contributed by atoms with Crippen LogP contribution in [0.4, 0.5) is 0 Å². The molecular formula is C6H7BrO2S. The van der Waals surface area contributed by atoms with Crippen LogP contribution in [0.2, 0.25) is 0 Å². The van der Waals surface area contributed by atoms with Gasteiger partial charge in [0.15, 0.2) is 0 Å². The highest BCUT2D eigenvalue weighted by molar-refractivity contribution is 9.14. The van der Waals surface area contributed by atoms with E-state index in [1.807, 2.05) is 6.08 Å². The maximum absolute atomic E-state index is 10.9. The van der Waals surface area contributed by atoms with Gasteiger partial charge in [-0.3, -0.25) is 4.79 Å². The van der Waals surface area contributed by atoms with Gasteiger partial charge in [-0.15, -0.1) is 11.8 Å². The van der Waals surface area contributed by atoms with E-state index in [0.29, 0.717) is 0 Å². The number of esters is 1. The van der Waals surface area contributed by atoms with Crippen molar-refractivity contribution >= 4 is 33.7 Å². The Labute approximate surface area is 72.1 Å². The first-order chi connectivity index (χ1) is 4.74. The summed E-state index contributed by atoms with van der Waals surface area (Å²) in [5.41, 5.74) is 0. The molecule has 0 N–H and O–H groups in total. The number of allylic oxidation sites excluding steroid dienone is 1. The zero-order valence-corrected chi connectivity index (χ0v) is 7.87. The predicted octanol–water partition coefficient (Wildman–Crippen LogP) is 1.90. The average molecular weight is 223 g/mol. The quantitative estimate of drug-likeness (QED) is 0.635. The van der Waals surface area contributed by atoms with Crippen molar-refractivity contribution in [3.05, 3.63) is 9.89 Å². The molecule has 0 bridgehead atoms. The van der Waals surface area contributed by atoms with Gasteiger partial charge in [-0.2, -0.15) is 0 Å². The van der Waals surface area contributed by atoms with Gasteiger partial charge in [0.1, 0.15) is 5.25 Å². The number of rotatable bonds is 1. The van der Waals surface area contributed by atoms with Crippen molar-refractivity contribution in [3.8, 4) is 0 Å². The Hall–Kier alpha value is 0.0400. The maximum atomic E-state index is 10.9. The summed E-state index contributed by atoms with van der Waals surface area (Å²) in [7, 11) is 1.41. The summed E-state index contributed by atoms with van der Waals surface area (Å²) >= 11 is 4.79. The van der Waals surface area contributed by atoms with Gasteiger partial charge in [0.25, 0.3) is 0 Å². The van der Waals surface area contributed by atoms with Crippen molar-refractivity contribution < 1.29 is 9.53 Å². The zero-order valence-electron chi connectivity index (χ0n) is 5.46. The normalized spacial score (nSPS) is 24.2. The van der Waals surface area contributed by atoms with Crippen LogP contribution in [0.1, 0.15) is 6.42 Å². The van der Waals surface area contributed by atoms with Gasteiger partial charge in [-0.05, 0) is 22.4 Å². The van der Waals surface area contributed by atoms with E-state index in [4.69, 9.17) is 0 Å². The minimum absolute atomic E-state index is 0.0284. The third-order valence-corrected chi connectivity index (χ3v) is 3.16. The number of carbonyl (C=O) groups is 1. The summed E-state index contributed by atoms with van der Waals surface area (Å²) in [4.78, 5) is 10.9. The SMILES string of the molecule is COC(=O)C1CC=C(Br)S1. The number of thioether (sulfide) groups is 1. The fourth-order valence-electron chi connectivity index (χ4n) is 0.708. The van der Waals surface area contributed by atoms with Gasteiger partial charge in [0.05, 0.1) is 7.11 Å². The average Bonchev–Trinajstić information content (AvgIpc) is 2.34. The van der Waals surface area contributed by atoms with Crippen LogP contribution in [0.5, 0.6) is 0 Å². The molecule has 1 atom stereocenters. The lowest BCUT2D eigenvalue weighted by Crippen LogP contribution is -2.15. The molecule has 1 aliphatic rings. The molecule has 0 radical (unpaired) electrons. The second-order valence-corrected chi connectivity index (χ2v) is 4.50. The van der Waals surface area contributed by atoms with Crippen molar-refractivity contribution in [1.82, 2.24) is 0 Å². The fraction of sp³-hybridized carbons (Fsp3) is 0.500. The van der Waals surface area contributed by atoms with E-state index in [9.17, 15) is 4.79 Å². The van der Waals surface area contributed by atoms with Crippen molar-refractivity contribution in [1.29, 1.82) is 0 Å². The Balaban J connectivity index is 2.42. The standard InChI is InChI=1S/C6H7BrO2S/c1-9-6(8)4-2-3-5(7)10-4/h3-4H,2H2,1H3. The highest BCUT2D eigenvalue weighted by Gasteiger charge is 2.24. The van der Waals surface area contributed by atoms with E-state index in [-0.39, 0.29) is 11.2 Å². The topological polar surface area (TPSA) is 26.3 Å². The van der Waals surface area contributed by atoms with Crippen molar-refractivity contribution in [2.75, 3.05) is 7.11 Å². The first kappa shape index (κ1) is 8.14. The van der Waals surface area contributed by atoms with Gasteiger partial charge in [0.2, 0.25) is 0 Å². The maximum Gasteiger partial charge on any atom is 0.319 e. The fourth-order valence-corrected chi connectivity index (χ4v) is 2.42. The smallest absolute Gasteiger partial charge is 0.319 e. The van der Waals surface area contributed by atoms with E-state index in [1.165, 1.54) is 18.9 Å². The Bertz CT molecular complexity index is 179. The summed E-state index contributed by atoms with van der Waals surface area (Å²) in [6.07, 6.45) is 2.75. The molecule has 4 heteroatoms. The van der Waals surface area contributed by atoms with Gasteiger partial charge >= 0.3 is 5.97 Å². The van der Waals surface area contributed by atoms with Crippen molar-refractivity contribution in [2.45, 2.75) is 11.7 Å². The molecule has 1 unspecified atom stereocenters. The van der Waals surface area contributed by atoms with Crippen LogP contribution < -0.4 is 0 Å². The molecule has 0 spiro atoms. The lowest BCUT2D eigenvalue weighted by Gasteiger charge is -2.03. The van der Waals surface area contributed by atoms with E-state index in [0.717, 1.165) is 10.2 Å². The Morgan fingerprint density at radius 1 is 2.00 bits per heavy atom. The highest BCUT2D eigenvalue weighted by Crippen LogP contribution is 2.36. The van der Waals surface area contributed by atoms with Crippen LogP contribution in [0, 0.1) is 0 Å². The van der Waals surface area contributed by atoms with Crippen LogP contribution in [0.25, 0.3) is 0 Å². The van der Waals surface area contributed by atoms with Crippen molar-refractivity contribution in [2.24, 2.45) is 0 Å². The number of halogens is 1. The van der Waals surface area contributed by atoms with Gasteiger partial charge in [0, 0.05) is 3.81 Å². The summed E-state index contributed by atoms with van der Waals surface area (Å²) in [6.45, 7) is 0. The lowest BCUT2D eigenvalue weighted by atomic mass is 10.3. The molecular weight excluding hydrogens is 216 g/mol. The molecule has 0 aromatic carbocycles. The molecule has 0 amide bonds. The van der Waals surface area contributed by atoms with Crippen LogP contribution in [-0.2, 0) is 9.53 Å². The van der Waals surface area contributed by atoms with Crippen LogP contribution >= 0.6 is 27.7 Å². The highest BCUT2D eigenvalue weighted by atomic mass is 79.9. The molecule has 0 aromatic heterocycles. The monoisotopic (exact) mass is 222 g/mol. The Morgan fingerprint density at radius 3 is 3.10 bits per heavy atom. The molecule has 0 aliphatic carbocycles. The number of hydrogen-bond acceptors (Lipinski definition) is 3. The summed E-state index contributed by atoms with van der Waals surface area (Å²) < 4.78 is 5.60. The molecule has 0 aromatic rings. The summed E-state index contributed by atoms with van der Waals surface area (Å²) in [6, 6.07) is 0. The Kier molecular flexibility index (Phi) is 2.80. The van der Waals surface area contributed by atoms with E-state index in [1.54, 1.807) is 0 Å². The first-order valence-corrected chi connectivity index (χ1v) is 4.51. The first-order valence-electron chi connectivity index (χ1n) is 2.84. The Morgan fingerprint density at radius 2 is 2.70 bits per heavy atom. The molecule has 56 valence electrons. The summed E-state index contributed by atoms with van der Waals surface area (Å²) in [5.74, 6) is -0.143. The van der Waals surface area contributed by atoms with E-state index >= 15 is 0 Å². The number of ether oxygens (including phenoxy) is 1. The number of methoxy groups -OCH3 is 1. The van der Waals surface area contributed by atoms with Crippen molar-refractivity contribution in [3.63, 3.8) is 0 Å². The van der Waals surface area contributed by atoms with E-state index in [2.05, 4.69) is 20.7 Å². The van der Waals surface area contributed by atoms with Gasteiger partial charge in [-0.1, -0.05) is 6.08 Å². The molecule has 1 rings (SSSR count). The van der Waals surface area contributed by atoms with Gasteiger partial charge in [-0.25, -0.2) is 0 Å². The lowest BCUT2D eigenvalue weighted by molar-refractivity contribution is -0.139. The molecule has 1 aliphatic heterocycles. The second kappa shape index (κ2) is 3.44. The van der Waals surface area contributed by atoms with E-state index < -0.39 is 0 Å². The molecule has 0 saturated heterocycles. The third kappa shape index (κ3) is 1.76. The summed E-state index contributed by atoms with van der Waals surface area (Å²) in [5, 5.41) is -0.0284. The molecule has 0 saturated carbocycles. The second-order valence-electron chi connectivity index (χ2n) is 1.87. The largest absolute Gasteiger partial charge is 0.468 e. The minimum atomic E-state index is -0.143. The molecule has 2 nitrogen and oxygen atoms in total. The zero-order chi connectivity index (χ0) is 7.56.